The summed E-state index contributed by atoms with van der Waals surface area (Å²) in [6, 6.07) is 10.7. The van der Waals surface area contributed by atoms with Gasteiger partial charge in [-0.25, -0.2) is 4.39 Å². The SMILES string of the molecule is CNCc1ccc(Oc2ccc(C)c(C)c2)c(F)c1. The van der Waals surface area contributed by atoms with Gasteiger partial charge in [-0.2, -0.15) is 0 Å². The van der Waals surface area contributed by atoms with Crippen LogP contribution in [0.25, 0.3) is 0 Å². The van der Waals surface area contributed by atoms with Crippen LogP contribution in [0, 0.1) is 19.7 Å². The van der Waals surface area contributed by atoms with Gasteiger partial charge in [-0.1, -0.05) is 12.1 Å². The fourth-order valence-electron chi connectivity index (χ4n) is 1.85. The molecule has 0 saturated carbocycles. The van der Waals surface area contributed by atoms with Crippen molar-refractivity contribution in [3.8, 4) is 11.5 Å². The Balaban J connectivity index is 2.20. The van der Waals surface area contributed by atoms with E-state index in [1.165, 1.54) is 11.6 Å². The van der Waals surface area contributed by atoms with E-state index in [0.29, 0.717) is 12.3 Å². The minimum atomic E-state index is -0.342. The quantitative estimate of drug-likeness (QED) is 0.897. The summed E-state index contributed by atoms with van der Waals surface area (Å²) in [5, 5.41) is 2.99. The number of benzene rings is 2. The number of ether oxygens (including phenoxy) is 1. The highest BCUT2D eigenvalue weighted by Gasteiger charge is 2.06. The summed E-state index contributed by atoms with van der Waals surface area (Å²) >= 11 is 0. The van der Waals surface area contributed by atoms with Crippen molar-refractivity contribution in [3.05, 3.63) is 58.9 Å². The molecule has 2 nitrogen and oxygen atoms in total. The van der Waals surface area contributed by atoms with Gasteiger partial charge in [0.15, 0.2) is 11.6 Å². The third kappa shape index (κ3) is 3.32. The molecule has 0 unspecified atom stereocenters. The van der Waals surface area contributed by atoms with Gasteiger partial charge in [-0.05, 0) is 61.9 Å². The summed E-state index contributed by atoms with van der Waals surface area (Å²) in [4.78, 5) is 0. The molecule has 0 saturated heterocycles. The third-order valence-electron chi connectivity index (χ3n) is 3.08. The Morgan fingerprint density at radius 1 is 1.05 bits per heavy atom. The summed E-state index contributed by atoms with van der Waals surface area (Å²) in [5.74, 6) is 0.567. The number of rotatable bonds is 4. The van der Waals surface area contributed by atoms with Crippen LogP contribution in [0.15, 0.2) is 36.4 Å². The van der Waals surface area contributed by atoms with Crippen LogP contribution >= 0.6 is 0 Å². The lowest BCUT2D eigenvalue weighted by Gasteiger charge is -2.10. The molecular formula is C16H18FNO. The molecule has 0 aliphatic heterocycles. The Hall–Kier alpha value is -1.87. The zero-order chi connectivity index (χ0) is 13.8. The second-order valence-electron chi connectivity index (χ2n) is 4.64. The smallest absolute Gasteiger partial charge is 0.166 e. The van der Waals surface area contributed by atoms with Crippen molar-refractivity contribution in [2.45, 2.75) is 20.4 Å². The van der Waals surface area contributed by atoms with Crippen molar-refractivity contribution in [3.63, 3.8) is 0 Å². The van der Waals surface area contributed by atoms with Crippen molar-refractivity contribution in [2.75, 3.05) is 7.05 Å². The molecule has 2 rings (SSSR count). The monoisotopic (exact) mass is 259 g/mol. The van der Waals surface area contributed by atoms with Gasteiger partial charge in [0.2, 0.25) is 0 Å². The molecular weight excluding hydrogens is 241 g/mol. The average Bonchev–Trinajstić information content (AvgIpc) is 2.37. The molecule has 0 radical (unpaired) electrons. The van der Waals surface area contributed by atoms with Crippen molar-refractivity contribution >= 4 is 0 Å². The summed E-state index contributed by atoms with van der Waals surface area (Å²) in [7, 11) is 1.83. The molecule has 2 aromatic carbocycles. The number of hydrogen-bond donors (Lipinski definition) is 1. The maximum Gasteiger partial charge on any atom is 0.166 e. The van der Waals surface area contributed by atoms with Gasteiger partial charge in [0.25, 0.3) is 0 Å². The average molecular weight is 259 g/mol. The normalized spacial score (nSPS) is 10.5. The molecule has 100 valence electrons. The van der Waals surface area contributed by atoms with Crippen LogP contribution in [0.5, 0.6) is 11.5 Å². The van der Waals surface area contributed by atoms with E-state index in [2.05, 4.69) is 5.32 Å². The molecule has 0 aromatic heterocycles. The van der Waals surface area contributed by atoms with E-state index in [1.54, 1.807) is 6.07 Å². The minimum Gasteiger partial charge on any atom is -0.454 e. The van der Waals surface area contributed by atoms with Crippen LogP contribution in [-0.2, 0) is 6.54 Å². The third-order valence-corrected chi connectivity index (χ3v) is 3.08. The molecule has 0 atom stereocenters. The van der Waals surface area contributed by atoms with E-state index in [-0.39, 0.29) is 11.6 Å². The zero-order valence-corrected chi connectivity index (χ0v) is 11.5. The lowest BCUT2D eigenvalue weighted by atomic mass is 10.1. The van der Waals surface area contributed by atoms with Crippen molar-refractivity contribution < 1.29 is 9.13 Å². The van der Waals surface area contributed by atoms with Gasteiger partial charge in [-0.15, -0.1) is 0 Å². The van der Waals surface area contributed by atoms with Crippen LogP contribution in [0.4, 0.5) is 4.39 Å². The van der Waals surface area contributed by atoms with Crippen LogP contribution in [0.2, 0.25) is 0 Å². The van der Waals surface area contributed by atoms with Gasteiger partial charge in [-0.3, -0.25) is 0 Å². The van der Waals surface area contributed by atoms with Crippen molar-refractivity contribution in [1.29, 1.82) is 0 Å². The Kier molecular flexibility index (Phi) is 4.17. The van der Waals surface area contributed by atoms with E-state index in [1.807, 2.05) is 45.2 Å². The van der Waals surface area contributed by atoms with E-state index in [4.69, 9.17) is 4.74 Å². The van der Waals surface area contributed by atoms with Crippen LogP contribution in [0.1, 0.15) is 16.7 Å². The van der Waals surface area contributed by atoms with E-state index < -0.39 is 0 Å². The molecule has 3 heteroatoms. The molecule has 0 aliphatic carbocycles. The van der Waals surface area contributed by atoms with Crippen LogP contribution < -0.4 is 10.1 Å². The Bertz CT molecular complexity index is 581. The molecule has 0 aliphatic rings. The van der Waals surface area contributed by atoms with Crippen molar-refractivity contribution in [2.24, 2.45) is 0 Å². The molecule has 0 spiro atoms. The number of halogens is 1. The Morgan fingerprint density at radius 3 is 2.47 bits per heavy atom. The number of hydrogen-bond acceptors (Lipinski definition) is 2. The van der Waals surface area contributed by atoms with Gasteiger partial charge < -0.3 is 10.1 Å². The van der Waals surface area contributed by atoms with Gasteiger partial charge in [0.1, 0.15) is 5.75 Å². The first-order valence-corrected chi connectivity index (χ1v) is 6.28. The van der Waals surface area contributed by atoms with Crippen LogP contribution in [0.3, 0.4) is 0 Å². The number of aryl methyl sites for hydroxylation is 2. The van der Waals surface area contributed by atoms with E-state index in [0.717, 1.165) is 11.1 Å². The van der Waals surface area contributed by atoms with Crippen LogP contribution in [-0.4, -0.2) is 7.05 Å². The number of nitrogens with one attached hydrogen (secondary N) is 1. The molecule has 0 heterocycles. The second kappa shape index (κ2) is 5.85. The lowest BCUT2D eigenvalue weighted by Crippen LogP contribution is -2.05. The molecule has 0 amide bonds. The standard InChI is InChI=1S/C16H18FNO/c1-11-4-6-14(8-12(11)2)19-16-7-5-13(10-18-3)9-15(16)17/h4-9,18H,10H2,1-3H3. The van der Waals surface area contributed by atoms with Gasteiger partial charge in [0.05, 0.1) is 0 Å². The highest BCUT2D eigenvalue weighted by Crippen LogP contribution is 2.26. The predicted molar refractivity (Wildman–Crippen MR) is 75.2 cm³/mol. The van der Waals surface area contributed by atoms with Crippen molar-refractivity contribution in [1.82, 2.24) is 5.32 Å². The van der Waals surface area contributed by atoms with E-state index >= 15 is 0 Å². The zero-order valence-electron chi connectivity index (χ0n) is 11.5. The Morgan fingerprint density at radius 2 is 1.84 bits per heavy atom. The fourth-order valence-corrected chi connectivity index (χ4v) is 1.85. The maximum atomic E-state index is 13.9. The molecule has 19 heavy (non-hydrogen) atoms. The van der Waals surface area contributed by atoms with Gasteiger partial charge in [0, 0.05) is 6.54 Å². The Labute approximate surface area is 113 Å². The molecule has 2 aromatic rings. The first kappa shape index (κ1) is 13.6. The first-order chi connectivity index (χ1) is 9.10. The fraction of sp³-hybridized carbons (Fsp3) is 0.250. The van der Waals surface area contributed by atoms with E-state index in [9.17, 15) is 4.39 Å². The summed E-state index contributed by atoms with van der Waals surface area (Å²) in [6.07, 6.45) is 0. The highest BCUT2D eigenvalue weighted by atomic mass is 19.1. The first-order valence-electron chi connectivity index (χ1n) is 6.28. The largest absolute Gasteiger partial charge is 0.454 e. The topological polar surface area (TPSA) is 21.3 Å². The molecule has 1 N–H and O–H groups in total. The highest BCUT2D eigenvalue weighted by molar-refractivity contribution is 5.38. The molecule has 0 fully saturated rings. The summed E-state index contributed by atoms with van der Waals surface area (Å²) in [6.45, 7) is 4.68. The van der Waals surface area contributed by atoms with Gasteiger partial charge >= 0.3 is 0 Å². The minimum absolute atomic E-state index is 0.253. The molecule has 0 bridgehead atoms. The summed E-state index contributed by atoms with van der Waals surface area (Å²) < 4.78 is 19.5. The second-order valence-corrected chi connectivity index (χ2v) is 4.64. The predicted octanol–water partition coefficient (Wildman–Crippen LogP) is 3.95. The maximum absolute atomic E-state index is 13.9. The summed E-state index contributed by atoms with van der Waals surface area (Å²) in [5.41, 5.74) is 3.22. The lowest BCUT2D eigenvalue weighted by molar-refractivity contribution is 0.441.